The zero-order chi connectivity index (χ0) is 45.9. The molecule has 1 amide bonds. The van der Waals surface area contributed by atoms with Crippen LogP contribution < -0.4 is 5.32 Å². The zero-order valence-electron chi connectivity index (χ0n) is 35.5. The molecule has 7 atom stereocenters. The number of aliphatic hydroxyl groups excluding tert-OH is 4. The molecule has 0 aliphatic carbocycles. The van der Waals surface area contributed by atoms with Crippen molar-refractivity contribution >= 4 is 18.2 Å². The normalized spacial score (nSPS) is 17.1. The fraction of sp³-hybridized carbons (Fsp3) is 0.471. The molecule has 5 unspecified atom stereocenters. The molecule has 1 rings (SSSR count). The Balaban J connectivity index is 2.83. The number of nitrogens with one attached hydrogen (secondary N) is 1. The van der Waals surface area contributed by atoms with E-state index in [2.05, 4.69) is 164 Å². The van der Waals surface area contributed by atoms with Crippen molar-refractivity contribution in [1.82, 2.24) is 5.32 Å². The molecule has 1 aliphatic heterocycles. The van der Waals surface area contributed by atoms with Gasteiger partial charge in [-0.15, -0.1) is 4.33 Å². The molecule has 1 aliphatic rings. The first-order chi connectivity index (χ1) is 30.9. The van der Waals surface area contributed by atoms with E-state index in [0.29, 0.717) is 0 Å². The monoisotopic (exact) mass is 869 g/mol. The van der Waals surface area contributed by atoms with Gasteiger partial charge in [-0.2, -0.15) is 0 Å². The Labute approximate surface area is 378 Å². The summed E-state index contributed by atoms with van der Waals surface area (Å²) in [7, 11) is 0. The van der Waals surface area contributed by atoms with Gasteiger partial charge in [0.25, 0.3) is 5.91 Å². The lowest BCUT2D eigenvalue weighted by molar-refractivity contribution is -0.434. The highest BCUT2D eigenvalue weighted by molar-refractivity contribution is 7.89. The standard InChI is InChI=1S/C51H51NO10S/c1-3-5-7-9-11-13-15-17-18-19-20-21-22-23-24-25-26-28-30-32-34-36-38-40-48(55)52-44(45(54)39-37-35-33-31-29-27-16-14-12-10-8-6-4-2)41-42-46-49(56)51(60-63-62-61-58)50(57)47(43-53)59-46/h37,39,44-47,49-51,53-54,56-58H,4,6,8,10,12,14,16,27,29,31,33,35,41-43H2,1-2H3,(H,52,55)/b39-37+/t44-,45+,46?,47?,49?,50?,51?/m0/s1. The quantitative estimate of drug-likeness (QED) is 0.0221. The number of unbranched alkanes of at least 4 members (excludes halogenated alkanes) is 11. The van der Waals surface area contributed by atoms with Crippen molar-refractivity contribution < 1.29 is 48.8 Å². The Kier molecular flexibility index (Phi) is 34.9. The second-order valence-electron chi connectivity index (χ2n) is 13.2. The minimum Gasteiger partial charge on any atom is -0.394 e. The first-order valence-corrected chi connectivity index (χ1v) is 21.1. The molecule has 63 heavy (non-hydrogen) atoms. The predicted octanol–water partition coefficient (Wildman–Crippen LogP) is 3.78. The maximum absolute atomic E-state index is 12.8. The van der Waals surface area contributed by atoms with Crippen LogP contribution in [0.25, 0.3) is 0 Å². The van der Waals surface area contributed by atoms with Crippen LogP contribution in [0.15, 0.2) is 12.2 Å². The number of aliphatic hydroxyl groups is 4. The SMILES string of the molecule is CC#CC#CC#CC#CC#CC#CC#CC#CC#CC#CC#CC#CC(=O)N[C@@H](CCC1OC(CO)C(O)C(OSOOO)C1O)[C@H](O)/C=C/CCCCCCCCCCCCC. The van der Waals surface area contributed by atoms with Crippen molar-refractivity contribution in [2.24, 2.45) is 0 Å². The first kappa shape index (κ1) is 54.9. The summed E-state index contributed by atoms with van der Waals surface area (Å²) in [5, 5.41) is 56.8. The molecule has 0 aromatic heterocycles. The van der Waals surface area contributed by atoms with Crippen LogP contribution in [0.5, 0.6) is 0 Å². The number of carbonyl (C=O) groups is 1. The van der Waals surface area contributed by atoms with Crippen LogP contribution in [0.4, 0.5) is 0 Å². The van der Waals surface area contributed by atoms with Gasteiger partial charge >= 0.3 is 0 Å². The molecule has 12 heteroatoms. The number of allylic oxidation sites excluding steroid dienone is 1. The van der Waals surface area contributed by atoms with Gasteiger partial charge in [0, 0.05) is 41.4 Å². The highest BCUT2D eigenvalue weighted by Crippen LogP contribution is 2.29. The van der Waals surface area contributed by atoms with E-state index in [1.807, 2.05) is 6.08 Å². The summed E-state index contributed by atoms with van der Waals surface area (Å²) in [6, 6.07) is -0.867. The second-order valence-corrected chi connectivity index (χ2v) is 13.6. The van der Waals surface area contributed by atoms with Gasteiger partial charge < -0.3 is 30.5 Å². The van der Waals surface area contributed by atoms with Crippen molar-refractivity contribution in [1.29, 1.82) is 0 Å². The molecule has 0 saturated carbocycles. The van der Waals surface area contributed by atoms with Crippen molar-refractivity contribution in [3.8, 4) is 142 Å². The fourth-order valence-corrected chi connectivity index (χ4v) is 5.91. The van der Waals surface area contributed by atoms with E-state index in [9.17, 15) is 25.2 Å². The van der Waals surface area contributed by atoms with Crippen molar-refractivity contribution in [2.75, 3.05) is 6.61 Å². The Bertz CT molecular complexity index is 2240. The van der Waals surface area contributed by atoms with Crippen molar-refractivity contribution in [3.63, 3.8) is 0 Å². The molecule has 1 saturated heterocycles. The van der Waals surface area contributed by atoms with Gasteiger partial charge in [0.05, 0.1) is 24.9 Å². The van der Waals surface area contributed by atoms with Crippen molar-refractivity contribution in [3.05, 3.63) is 12.2 Å². The van der Waals surface area contributed by atoms with E-state index < -0.39 is 55.2 Å². The molecule has 1 heterocycles. The molecule has 326 valence electrons. The third kappa shape index (κ3) is 29.8. The van der Waals surface area contributed by atoms with E-state index in [4.69, 9.17) is 14.2 Å². The summed E-state index contributed by atoms with van der Waals surface area (Å²) in [4.78, 5) is 12.8. The first-order valence-electron chi connectivity index (χ1n) is 20.4. The number of ether oxygens (including phenoxy) is 1. The third-order valence-electron chi connectivity index (χ3n) is 8.59. The number of hydrogen-bond acceptors (Lipinski definition) is 11. The van der Waals surface area contributed by atoms with Crippen LogP contribution in [-0.2, 0) is 23.1 Å². The molecule has 1 fully saturated rings. The summed E-state index contributed by atoms with van der Waals surface area (Å²) >= 11 is 0.163. The van der Waals surface area contributed by atoms with Gasteiger partial charge in [-0.1, -0.05) is 94.2 Å². The Morgan fingerprint density at radius 1 is 0.683 bits per heavy atom. The lowest BCUT2D eigenvalue weighted by Gasteiger charge is -2.41. The summed E-state index contributed by atoms with van der Waals surface area (Å²) in [5.41, 5.74) is 0. The lowest BCUT2D eigenvalue weighted by Crippen LogP contribution is -2.59. The average Bonchev–Trinajstić information content (AvgIpc) is 3.28. The Morgan fingerprint density at radius 3 is 1.59 bits per heavy atom. The maximum Gasteiger partial charge on any atom is 0.297 e. The molecular formula is C51H51NO10S. The summed E-state index contributed by atoms with van der Waals surface area (Å²) in [6.45, 7) is 3.31. The minimum absolute atomic E-state index is 0.0611. The smallest absolute Gasteiger partial charge is 0.297 e. The van der Waals surface area contributed by atoms with Gasteiger partial charge in [-0.3, -0.25) is 8.98 Å². The molecule has 6 N–H and O–H groups in total. The van der Waals surface area contributed by atoms with Crippen LogP contribution in [0, 0.1) is 142 Å². The number of carbonyl (C=O) groups excluding carboxylic acids is 1. The summed E-state index contributed by atoms with van der Waals surface area (Å²) in [5.74, 6) is 59.1. The van der Waals surface area contributed by atoms with Crippen LogP contribution in [0.3, 0.4) is 0 Å². The molecule has 0 bridgehead atoms. The molecule has 0 aromatic carbocycles. The van der Waals surface area contributed by atoms with Crippen LogP contribution >= 0.6 is 12.3 Å². The molecule has 11 nitrogen and oxygen atoms in total. The van der Waals surface area contributed by atoms with Crippen LogP contribution in [0.1, 0.15) is 104 Å². The van der Waals surface area contributed by atoms with Crippen LogP contribution in [0.2, 0.25) is 0 Å². The number of hydrogen-bond donors (Lipinski definition) is 6. The van der Waals surface area contributed by atoms with E-state index in [1.165, 1.54) is 51.4 Å². The number of amides is 1. The molecular weight excluding hydrogens is 819 g/mol. The van der Waals surface area contributed by atoms with Crippen molar-refractivity contribution in [2.45, 2.75) is 146 Å². The minimum atomic E-state index is -1.45. The predicted molar refractivity (Wildman–Crippen MR) is 241 cm³/mol. The van der Waals surface area contributed by atoms with E-state index >= 15 is 0 Å². The highest BCUT2D eigenvalue weighted by Gasteiger charge is 2.45. The van der Waals surface area contributed by atoms with Crippen LogP contribution in [-0.4, -0.2) is 80.9 Å². The lowest BCUT2D eigenvalue weighted by atomic mass is 9.91. The van der Waals surface area contributed by atoms with Gasteiger partial charge in [0.15, 0.2) is 12.3 Å². The van der Waals surface area contributed by atoms with Gasteiger partial charge in [0.1, 0.15) is 24.4 Å². The van der Waals surface area contributed by atoms with Gasteiger partial charge in [0.2, 0.25) is 0 Å². The fourth-order valence-electron chi connectivity index (χ4n) is 5.54. The number of rotatable bonds is 23. The molecule has 0 spiro atoms. The van der Waals surface area contributed by atoms with Gasteiger partial charge in [-0.05, 0) is 127 Å². The topological polar surface area (TPSA) is 167 Å². The van der Waals surface area contributed by atoms with E-state index in [1.54, 1.807) is 13.0 Å². The molecule has 0 aromatic rings. The summed E-state index contributed by atoms with van der Waals surface area (Å²) in [6.07, 6.45) is 10.4. The summed E-state index contributed by atoms with van der Waals surface area (Å²) < 4.78 is 15.1. The maximum atomic E-state index is 12.8. The average molecular weight is 870 g/mol. The van der Waals surface area contributed by atoms with E-state index in [-0.39, 0.29) is 25.2 Å². The molecule has 0 radical (unpaired) electrons. The highest BCUT2D eigenvalue weighted by atomic mass is 32.2. The van der Waals surface area contributed by atoms with Gasteiger partial charge in [-0.25, -0.2) is 5.26 Å². The Morgan fingerprint density at radius 2 is 1.13 bits per heavy atom. The third-order valence-corrected chi connectivity index (χ3v) is 9.00. The second kappa shape index (κ2) is 40.0. The Hall–Kier alpha value is -6.08. The van der Waals surface area contributed by atoms with E-state index in [0.717, 1.165) is 25.7 Å². The largest absolute Gasteiger partial charge is 0.394 e. The zero-order valence-corrected chi connectivity index (χ0v) is 36.3.